The van der Waals surface area contributed by atoms with Crippen molar-refractivity contribution in [2.24, 2.45) is 0 Å². The Hall–Kier alpha value is -1.90. The molecule has 2 N–H and O–H groups in total. The van der Waals surface area contributed by atoms with Crippen LogP contribution in [0.1, 0.15) is 11.1 Å². The SMILES string of the molecule is Cc1ccc(-c2ccc(C)c(F)c2F)cc1N. The fourth-order valence-corrected chi connectivity index (χ4v) is 1.68. The lowest BCUT2D eigenvalue weighted by Gasteiger charge is -2.08. The van der Waals surface area contributed by atoms with Crippen molar-refractivity contribution in [3.63, 3.8) is 0 Å². The molecule has 2 rings (SSSR count). The van der Waals surface area contributed by atoms with Gasteiger partial charge in [0.15, 0.2) is 11.6 Å². The van der Waals surface area contributed by atoms with Crippen molar-refractivity contribution < 1.29 is 8.78 Å². The monoisotopic (exact) mass is 233 g/mol. The van der Waals surface area contributed by atoms with Crippen LogP contribution < -0.4 is 5.73 Å². The van der Waals surface area contributed by atoms with Crippen LogP contribution in [-0.2, 0) is 0 Å². The highest BCUT2D eigenvalue weighted by atomic mass is 19.2. The van der Waals surface area contributed by atoms with Crippen molar-refractivity contribution in [1.82, 2.24) is 0 Å². The topological polar surface area (TPSA) is 26.0 Å². The number of hydrogen-bond donors (Lipinski definition) is 1. The van der Waals surface area contributed by atoms with E-state index < -0.39 is 11.6 Å². The number of aryl methyl sites for hydroxylation is 2. The second kappa shape index (κ2) is 4.17. The minimum Gasteiger partial charge on any atom is -0.398 e. The van der Waals surface area contributed by atoms with Crippen molar-refractivity contribution in [2.75, 3.05) is 5.73 Å². The first-order valence-corrected chi connectivity index (χ1v) is 5.32. The second-order valence-electron chi connectivity index (χ2n) is 4.13. The van der Waals surface area contributed by atoms with Gasteiger partial charge in [0, 0.05) is 11.3 Å². The number of rotatable bonds is 1. The number of halogens is 2. The van der Waals surface area contributed by atoms with Crippen molar-refractivity contribution in [3.8, 4) is 11.1 Å². The molecule has 2 aromatic carbocycles. The quantitative estimate of drug-likeness (QED) is 0.744. The fraction of sp³-hybridized carbons (Fsp3) is 0.143. The van der Waals surface area contributed by atoms with Crippen molar-refractivity contribution in [3.05, 3.63) is 53.1 Å². The summed E-state index contributed by atoms with van der Waals surface area (Å²) in [6.07, 6.45) is 0. The third kappa shape index (κ3) is 2.00. The molecule has 0 heterocycles. The summed E-state index contributed by atoms with van der Waals surface area (Å²) in [7, 11) is 0. The molecule has 0 amide bonds. The Morgan fingerprint density at radius 2 is 1.53 bits per heavy atom. The highest BCUT2D eigenvalue weighted by molar-refractivity contribution is 5.69. The molecule has 0 fully saturated rings. The molecule has 1 nitrogen and oxygen atoms in total. The first kappa shape index (κ1) is 11.6. The molecular weight excluding hydrogens is 220 g/mol. The Bertz CT molecular complexity index is 577. The molecule has 0 radical (unpaired) electrons. The summed E-state index contributed by atoms with van der Waals surface area (Å²) in [5.41, 5.74) is 8.37. The molecule has 0 spiro atoms. The van der Waals surface area contributed by atoms with Crippen molar-refractivity contribution in [2.45, 2.75) is 13.8 Å². The zero-order chi connectivity index (χ0) is 12.6. The van der Waals surface area contributed by atoms with Crippen LogP contribution in [-0.4, -0.2) is 0 Å². The van der Waals surface area contributed by atoms with Crippen LogP contribution in [0, 0.1) is 25.5 Å². The van der Waals surface area contributed by atoms with Gasteiger partial charge in [0.25, 0.3) is 0 Å². The summed E-state index contributed by atoms with van der Waals surface area (Å²) in [6.45, 7) is 3.40. The van der Waals surface area contributed by atoms with Crippen LogP contribution >= 0.6 is 0 Å². The van der Waals surface area contributed by atoms with Gasteiger partial charge < -0.3 is 5.73 Å². The largest absolute Gasteiger partial charge is 0.398 e. The standard InChI is InChI=1S/C14H13F2N/c1-8-3-5-10(7-12(8)17)11-6-4-9(2)13(15)14(11)16/h3-7H,17H2,1-2H3. The first-order valence-electron chi connectivity index (χ1n) is 5.32. The zero-order valence-corrected chi connectivity index (χ0v) is 9.72. The Kier molecular flexibility index (Phi) is 2.84. The summed E-state index contributed by atoms with van der Waals surface area (Å²) >= 11 is 0. The van der Waals surface area contributed by atoms with E-state index in [1.807, 2.05) is 6.92 Å². The molecule has 0 saturated heterocycles. The molecule has 0 aromatic heterocycles. The van der Waals surface area contributed by atoms with E-state index in [0.29, 0.717) is 16.8 Å². The molecule has 0 unspecified atom stereocenters. The smallest absolute Gasteiger partial charge is 0.166 e. The van der Waals surface area contributed by atoms with Gasteiger partial charge in [-0.25, -0.2) is 8.78 Å². The second-order valence-corrected chi connectivity index (χ2v) is 4.13. The van der Waals surface area contributed by atoms with E-state index in [4.69, 9.17) is 5.73 Å². The number of nitrogen functional groups attached to an aromatic ring is 1. The van der Waals surface area contributed by atoms with E-state index in [-0.39, 0.29) is 5.56 Å². The van der Waals surface area contributed by atoms with Crippen LogP contribution in [0.4, 0.5) is 14.5 Å². The van der Waals surface area contributed by atoms with Gasteiger partial charge in [0.1, 0.15) is 0 Å². The molecule has 0 atom stereocenters. The van der Waals surface area contributed by atoms with Crippen LogP contribution in [0.5, 0.6) is 0 Å². The van der Waals surface area contributed by atoms with Crippen molar-refractivity contribution in [1.29, 1.82) is 0 Å². The molecule has 3 heteroatoms. The summed E-state index contributed by atoms with van der Waals surface area (Å²) in [6, 6.07) is 8.31. The third-order valence-corrected chi connectivity index (χ3v) is 2.87. The molecular formula is C14H13F2N. The summed E-state index contributed by atoms with van der Waals surface area (Å²) in [5.74, 6) is -1.63. The number of anilines is 1. The predicted molar refractivity (Wildman–Crippen MR) is 65.7 cm³/mol. The van der Waals surface area contributed by atoms with E-state index in [9.17, 15) is 8.78 Å². The summed E-state index contributed by atoms with van der Waals surface area (Å²) < 4.78 is 27.2. The minimum absolute atomic E-state index is 0.236. The maximum atomic E-state index is 13.8. The molecule has 17 heavy (non-hydrogen) atoms. The van der Waals surface area contributed by atoms with E-state index in [1.54, 1.807) is 30.3 Å². The molecule has 88 valence electrons. The van der Waals surface area contributed by atoms with E-state index in [1.165, 1.54) is 6.92 Å². The lowest BCUT2D eigenvalue weighted by Crippen LogP contribution is -1.95. The van der Waals surface area contributed by atoms with E-state index in [2.05, 4.69) is 0 Å². The fourth-order valence-electron chi connectivity index (χ4n) is 1.68. The maximum Gasteiger partial charge on any atom is 0.166 e. The van der Waals surface area contributed by atoms with Gasteiger partial charge in [-0.15, -0.1) is 0 Å². The molecule has 0 saturated carbocycles. The van der Waals surface area contributed by atoms with Crippen LogP contribution in [0.25, 0.3) is 11.1 Å². The number of benzene rings is 2. The van der Waals surface area contributed by atoms with Gasteiger partial charge in [-0.3, -0.25) is 0 Å². The summed E-state index contributed by atoms with van der Waals surface area (Å²) in [5, 5.41) is 0. The average molecular weight is 233 g/mol. The Morgan fingerprint density at radius 3 is 2.18 bits per heavy atom. The lowest BCUT2D eigenvalue weighted by atomic mass is 10.0. The van der Waals surface area contributed by atoms with E-state index >= 15 is 0 Å². The van der Waals surface area contributed by atoms with E-state index in [0.717, 1.165) is 5.56 Å². The van der Waals surface area contributed by atoms with Crippen LogP contribution in [0.2, 0.25) is 0 Å². The number of hydrogen-bond acceptors (Lipinski definition) is 1. The molecule has 2 aromatic rings. The minimum atomic E-state index is -0.826. The number of nitrogens with two attached hydrogens (primary N) is 1. The molecule has 0 aliphatic rings. The highest BCUT2D eigenvalue weighted by Crippen LogP contribution is 2.28. The van der Waals surface area contributed by atoms with Crippen LogP contribution in [0.3, 0.4) is 0 Å². The Morgan fingerprint density at radius 1 is 0.882 bits per heavy atom. The predicted octanol–water partition coefficient (Wildman–Crippen LogP) is 3.83. The third-order valence-electron chi connectivity index (χ3n) is 2.87. The molecule has 0 aliphatic heterocycles. The zero-order valence-electron chi connectivity index (χ0n) is 9.72. The first-order chi connectivity index (χ1) is 8.00. The molecule has 0 bridgehead atoms. The van der Waals surface area contributed by atoms with Crippen molar-refractivity contribution >= 4 is 5.69 Å². The van der Waals surface area contributed by atoms with Gasteiger partial charge in [-0.2, -0.15) is 0 Å². The molecule has 0 aliphatic carbocycles. The van der Waals surface area contributed by atoms with Gasteiger partial charge in [0.05, 0.1) is 0 Å². The normalized spacial score (nSPS) is 10.6. The average Bonchev–Trinajstić information content (AvgIpc) is 2.30. The highest BCUT2D eigenvalue weighted by Gasteiger charge is 2.12. The van der Waals surface area contributed by atoms with Gasteiger partial charge in [-0.05, 0) is 36.6 Å². The Labute approximate surface area is 98.9 Å². The van der Waals surface area contributed by atoms with Gasteiger partial charge >= 0.3 is 0 Å². The lowest BCUT2D eigenvalue weighted by molar-refractivity contribution is 0.505. The van der Waals surface area contributed by atoms with Crippen LogP contribution in [0.15, 0.2) is 30.3 Å². The maximum absolute atomic E-state index is 13.8. The van der Waals surface area contributed by atoms with Gasteiger partial charge in [0.2, 0.25) is 0 Å². The summed E-state index contributed by atoms with van der Waals surface area (Å²) in [4.78, 5) is 0. The Balaban J connectivity index is 2.61. The van der Waals surface area contributed by atoms with Gasteiger partial charge in [-0.1, -0.05) is 24.3 Å².